The lowest BCUT2D eigenvalue weighted by Gasteiger charge is -2.30. The predicted octanol–water partition coefficient (Wildman–Crippen LogP) is 2.00. The highest BCUT2D eigenvalue weighted by Gasteiger charge is 2.26. The summed E-state index contributed by atoms with van der Waals surface area (Å²) in [5.74, 6) is 0. The first-order valence-corrected chi connectivity index (χ1v) is 6.25. The summed E-state index contributed by atoms with van der Waals surface area (Å²) < 4.78 is 0. The number of hydrogen-bond donors (Lipinski definition) is 2. The molecule has 0 saturated carbocycles. The van der Waals surface area contributed by atoms with Crippen molar-refractivity contribution in [1.82, 2.24) is 10.3 Å². The summed E-state index contributed by atoms with van der Waals surface area (Å²) in [6.07, 6.45) is 3.92. The van der Waals surface area contributed by atoms with Crippen molar-refractivity contribution in [2.75, 3.05) is 6.54 Å². The van der Waals surface area contributed by atoms with Crippen molar-refractivity contribution in [3.05, 3.63) is 65.5 Å². The molecular formula is C15H16N2O. The van der Waals surface area contributed by atoms with Crippen LogP contribution in [-0.4, -0.2) is 16.6 Å². The molecular weight excluding hydrogens is 224 g/mol. The average Bonchev–Trinajstić information content (AvgIpc) is 2.47. The normalized spacial score (nSPS) is 20.2. The van der Waals surface area contributed by atoms with Crippen LogP contribution in [0, 0.1) is 0 Å². The van der Waals surface area contributed by atoms with Crippen LogP contribution in [0.3, 0.4) is 0 Å². The van der Waals surface area contributed by atoms with Crippen molar-refractivity contribution < 1.29 is 5.11 Å². The zero-order valence-corrected chi connectivity index (χ0v) is 10.1. The Balaban J connectivity index is 1.94. The first kappa shape index (κ1) is 11.4. The lowest BCUT2D eigenvalue weighted by molar-refractivity contribution is 0.125. The third kappa shape index (κ3) is 2.03. The predicted molar refractivity (Wildman–Crippen MR) is 70.1 cm³/mol. The standard InChI is InChI=1S/C15H16N2O/c18-15(12-5-8-16-9-6-12)14-13-4-2-1-3-11(13)7-10-17-14/h1-6,8-9,14-15,17-18H,7,10H2. The maximum atomic E-state index is 10.5. The topological polar surface area (TPSA) is 45.2 Å². The number of hydrogen-bond acceptors (Lipinski definition) is 3. The molecule has 3 rings (SSSR count). The van der Waals surface area contributed by atoms with E-state index in [1.807, 2.05) is 18.2 Å². The van der Waals surface area contributed by atoms with Gasteiger partial charge in [-0.15, -0.1) is 0 Å². The molecule has 18 heavy (non-hydrogen) atoms. The second kappa shape index (κ2) is 4.88. The first-order valence-electron chi connectivity index (χ1n) is 6.25. The second-order valence-corrected chi connectivity index (χ2v) is 4.61. The highest BCUT2D eigenvalue weighted by Crippen LogP contribution is 2.32. The van der Waals surface area contributed by atoms with Crippen molar-refractivity contribution >= 4 is 0 Å². The molecule has 0 fully saturated rings. The molecule has 1 aromatic heterocycles. The van der Waals surface area contributed by atoms with Crippen LogP contribution in [0.4, 0.5) is 0 Å². The number of rotatable bonds is 2. The molecule has 3 heteroatoms. The van der Waals surface area contributed by atoms with E-state index in [0.717, 1.165) is 18.5 Å². The van der Waals surface area contributed by atoms with Gasteiger partial charge in [-0.3, -0.25) is 4.98 Å². The third-order valence-electron chi connectivity index (χ3n) is 3.51. The van der Waals surface area contributed by atoms with Gasteiger partial charge in [0.05, 0.1) is 12.1 Å². The third-order valence-corrected chi connectivity index (χ3v) is 3.51. The van der Waals surface area contributed by atoms with Crippen molar-refractivity contribution in [3.8, 4) is 0 Å². The van der Waals surface area contributed by atoms with Gasteiger partial charge in [0.15, 0.2) is 0 Å². The van der Waals surface area contributed by atoms with E-state index >= 15 is 0 Å². The van der Waals surface area contributed by atoms with E-state index in [4.69, 9.17) is 0 Å². The largest absolute Gasteiger partial charge is 0.386 e. The molecule has 2 aromatic rings. The zero-order chi connectivity index (χ0) is 12.4. The number of aliphatic hydroxyl groups is 1. The number of nitrogens with zero attached hydrogens (tertiary/aromatic N) is 1. The molecule has 0 saturated heterocycles. The molecule has 3 nitrogen and oxygen atoms in total. The number of nitrogens with one attached hydrogen (secondary N) is 1. The molecule has 2 atom stereocenters. The van der Waals surface area contributed by atoms with Gasteiger partial charge in [-0.25, -0.2) is 0 Å². The van der Waals surface area contributed by atoms with Crippen LogP contribution in [0.2, 0.25) is 0 Å². The summed E-state index contributed by atoms with van der Waals surface area (Å²) >= 11 is 0. The van der Waals surface area contributed by atoms with Gasteiger partial charge in [0.25, 0.3) is 0 Å². The zero-order valence-electron chi connectivity index (χ0n) is 10.1. The van der Waals surface area contributed by atoms with Crippen LogP contribution in [0.1, 0.15) is 28.8 Å². The van der Waals surface area contributed by atoms with E-state index in [2.05, 4.69) is 28.5 Å². The van der Waals surface area contributed by atoms with Crippen molar-refractivity contribution in [2.45, 2.75) is 18.6 Å². The molecule has 0 amide bonds. The molecule has 2 unspecified atom stereocenters. The maximum Gasteiger partial charge on any atom is 0.0985 e. The Morgan fingerprint density at radius 3 is 2.78 bits per heavy atom. The Morgan fingerprint density at radius 1 is 1.17 bits per heavy atom. The summed E-state index contributed by atoms with van der Waals surface area (Å²) in [5.41, 5.74) is 3.43. The Bertz CT molecular complexity index is 527. The van der Waals surface area contributed by atoms with Gasteiger partial charge >= 0.3 is 0 Å². The maximum absolute atomic E-state index is 10.5. The Kier molecular flexibility index (Phi) is 3.09. The quantitative estimate of drug-likeness (QED) is 0.844. The minimum Gasteiger partial charge on any atom is -0.386 e. The van der Waals surface area contributed by atoms with E-state index in [9.17, 15) is 5.11 Å². The lowest BCUT2D eigenvalue weighted by Crippen LogP contribution is -2.33. The van der Waals surface area contributed by atoms with Crippen molar-refractivity contribution in [2.24, 2.45) is 0 Å². The minimum atomic E-state index is -0.533. The summed E-state index contributed by atoms with van der Waals surface area (Å²) in [6.45, 7) is 0.907. The van der Waals surface area contributed by atoms with Gasteiger partial charge < -0.3 is 10.4 Å². The Hall–Kier alpha value is -1.71. The van der Waals surface area contributed by atoms with Crippen LogP contribution in [-0.2, 0) is 6.42 Å². The molecule has 1 aliphatic heterocycles. The fourth-order valence-electron chi connectivity index (χ4n) is 2.57. The van der Waals surface area contributed by atoms with Crippen LogP contribution in [0.15, 0.2) is 48.8 Å². The molecule has 2 heterocycles. The van der Waals surface area contributed by atoms with Gasteiger partial charge in [0.2, 0.25) is 0 Å². The lowest BCUT2D eigenvalue weighted by atomic mass is 9.89. The van der Waals surface area contributed by atoms with Gasteiger partial charge in [0, 0.05) is 12.4 Å². The van der Waals surface area contributed by atoms with Crippen molar-refractivity contribution in [3.63, 3.8) is 0 Å². The fourth-order valence-corrected chi connectivity index (χ4v) is 2.57. The summed E-state index contributed by atoms with van der Waals surface area (Å²) in [5, 5.41) is 13.9. The van der Waals surface area contributed by atoms with Crippen LogP contribution in [0.5, 0.6) is 0 Å². The van der Waals surface area contributed by atoms with E-state index in [1.165, 1.54) is 11.1 Å². The molecule has 1 aliphatic rings. The first-order chi connectivity index (χ1) is 8.86. The number of benzene rings is 1. The summed E-state index contributed by atoms with van der Waals surface area (Å²) in [7, 11) is 0. The summed E-state index contributed by atoms with van der Waals surface area (Å²) in [6, 6.07) is 12.0. The van der Waals surface area contributed by atoms with E-state index in [0.29, 0.717) is 0 Å². The molecule has 0 spiro atoms. The minimum absolute atomic E-state index is 0.0302. The van der Waals surface area contributed by atoms with E-state index in [-0.39, 0.29) is 6.04 Å². The number of fused-ring (bicyclic) bond motifs is 1. The van der Waals surface area contributed by atoms with Crippen molar-refractivity contribution in [1.29, 1.82) is 0 Å². The second-order valence-electron chi connectivity index (χ2n) is 4.61. The molecule has 0 radical (unpaired) electrons. The number of aliphatic hydroxyl groups excluding tert-OH is 1. The summed E-state index contributed by atoms with van der Waals surface area (Å²) in [4.78, 5) is 3.99. The van der Waals surface area contributed by atoms with Crippen LogP contribution in [0.25, 0.3) is 0 Å². The van der Waals surface area contributed by atoms with Crippen LogP contribution < -0.4 is 5.32 Å². The Morgan fingerprint density at radius 2 is 1.94 bits per heavy atom. The molecule has 0 aliphatic carbocycles. The van der Waals surface area contributed by atoms with Gasteiger partial charge in [-0.1, -0.05) is 24.3 Å². The molecule has 92 valence electrons. The smallest absolute Gasteiger partial charge is 0.0985 e. The molecule has 1 aromatic carbocycles. The average molecular weight is 240 g/mol. The van der Waals surface area contributed by atoms with Gasteiger partial charge in [-0.2, -0.15) is 0 Å². The van der Waals surface area contributed by atoms with E-state index in [1.54, 1.807) is 12.4 Å². The highest BCUT2D eigenvalue weighted by molar-refractivity contribution is 5.34. The molecule has 0 bridgehead atoms. The fraction of sp³-hybridized carbons (Fsp3) is 0.267. The number of pyridine rings is 1. The number of aromatic nitrogens is 1. The Labute approximate surface area is 107 Å². The van der Waals surface area contributed by atoms with Gasteiger partial charge in [-0.05, 0) is 41.8 Å². The van der Waals surface area contributed by atoms with E-state index < -0.39 is 6.10 Å². The van der Waals surface area contributed by atoms with Gasteiger partial charge in [0.1, 0.15) is 0 Å². The van der Waals surface area contributed by atoms with Crippen LogP contribution >= 0.6 is 0 Å². The molecule has 2 N–H and O–H groups in total. The SMILES string of the molecule is OC(c1ccncc1)C1NCCc2ccccc21. The monoisotopic (exact) mass is 240 g/mol. The highest BCUT2D eigenvalue weighted by atomic mass is 16.3.